The van der Waals surface area contributed by atoms with Crippen molar-refractivity contribution in [3.05, 3.63) is 59.7 Å². The van der Waals surface area contributed by atoms with Gasteiger partial charge in [-0.2, -0.15) is 0 Å². The Bertz CT molecular complexity index is 1050. The molecule has 1 fully saturated rings. The summed E-state index contributed by atoms with van der Waals surface area (Å²) in [4.78, 5) is 38.5. The van der Waals surface area contributed by atoms with Crippen LogP contribution >= 0.6 is 0 Å². The van der Waals surface area contributed by atoms with Gasteiger partial charge in [-0.05, 0) is 48.4 Å². The van der Waals surface area contributed by atoms with E-state index in [0.29, 0.717) is 6.42 Å². The second-order valence-corrected chi connectivity index (χ2v) is 9.84. The normalized spacial score (nSPS) is 15.7. The molecule has 0 saturated heterocycles. The summed E-state index contributed by atoms with van der Waals surface area (Å²) in [6.45, 7) is 5.62. The van der Waals surface area contributed by atoms with E-state index in [0.717, 1.165) is 24.0 Å². The molecule has 0 bridgehead atoms. The van der Waals surface area contributed by atoms with E-state index in [4.69, 9.17) is 4.74 Å². The molecule has 0 spiro atoms. The van der Waals surface area contributed by atoms with Gasteiger partial charge in [0, 0.05) is 23.9 Å². The van der Waals surface area contributed by atoms with Crippen LogP contribution in [0.2, 0.25) is 0 Å². The standard InChI is InChI=1S/C27H32N2O5/c1-17(24(30)31)29(18-12-13-18)25(32)27(2,3)14-15-28-26(33)34-16-23-21-10-6-4-8-19(21)20-9-5-7-11-22(20)23/h4-11,17-18,23H,12-16H2,1-3H3,(H,28,33)(H,30,31). The molecule has 2 aliphatic rings. The Balaban J connectivity index is 1.31. The van der Waals surface area contributed by atoms with Crippen LogP contribution in [-0.2, 0) is 14.3 Å². The minimum atomic E-state index is -1.01. The molecule has 2 aromatic carbocycles. The third-order valence-electron chi connectivity index (χ3n) is 6.89. The molecule has 0 radical (unpaired) electrons. The van der Waals surface area contributed by atoms with Gasteiger partial charge in [-0.15, -0.1) is 0 Å². The quantitative estimate of drug-likeness (QED) is 0.573. The van der Waals surface area contributed by atoms with Crippen LogP contribution in [0.3, 0.4) is 0 Å². The van der Waals surface area contributed by atoms with Crippen molar-refractivity contribution in [2.45, 2.75) is 58.0 Å². The smallest absolute Gasteiger partial charge is 0.407 e. The Hall–Kier alpha value is -3.35. The molecule has 2 aromatic rings. The largest absolute Gasteiger partial charge is 0.480 e. The van der Waals surface area contributed by atoms with Gasteiger partial charge in [-0.1, -0.05) is 62.4 Å². The van der Waals surface area contributed by atoms with Crippen molar-refractivity contribution >= 4 is 18.0 Å². The lowest BCUT2D eigenvalue weighted by atomic mass is 9.87. The number of carboxylic acids is 1. The van der Waals surface area contributed by atoms with Crippen molar-refractivity contribution in [3.63, 3.8) is 0 Å². The summed E-state index contributed by atoms with van der Waals surface area (Å²) >= 11 is 0. The fourth-order valence-electron chi connectivity index (χ4n) is 4.71. The van der Waals surface area contributed by atoms with Crippen LogP contribution in [-0.4, -0.2) is 53.2 Å². The van der Waals surface area contributed by atoms with Gasteiger partial charge in [-0.3, -0.25) is 4.79 Å². The predicted octanol–water partition coefficient (Wildman–Crippen LogP) is 4.41. The van der Waals surface area contributed by atoms with Crippen LogP contribution in [0.1, 0.15) is 57.1 Å². The van der Waals surface area contributed by atoms with Gasteiger partial charge < -0.3 is 20.1 Å². The molecule has 4 rings (SSSR count). The maximum Gasteiger partial charge on any atom is 0.407 e. The van der Waals surface area contributed by atoms with Crippen LogP contribution in [0.4, 0.5) is 4.79 Å². The molecule has 7 nitrogen and oxygen atoms in total. The summed E-state index contributed by atoms with van der Waals surface area (Å²) in [5, 5.41) is 12.1. The molecule has 0 aliphatic heterocycles. The van der Waals surface area contributed by atoms with E-state index in [2.05, 4.69) is 29.6 Å². The number of nitrogens with one attached hydrogen (secondary N) is 1. The number of carboxylic acid groups (broad SMARTS) is 1. The summed E-state index contributed by atoms with van der Waals surface area (Å²) < 4.78 is 5.56. The molecule has 2 amide bonds. The average Bonchev–Trinajstić information content (AvgIpc) is 3.59. The summed E-state index contributed by atoms with van der Waals surface area (Å²) in [6, 6.07) is 15.4. The lowest BCUT2D eigenvalue weighted by Gasteiger charge is -2.34. The lowest BCUT2D eigenvalue weighted by molar-refractivity contribution is -0.154. The highest BCUT2D eigenvalue weighted by Gasteiger charge is 2.43. The van der Waals surface area contributed by atoms with Crippen LogP contribution in [0.5, 0.6) is 0 Å². The topological polar surface area (TPSA) is 95.9 Å². The van der Waals surface area contributed by atoms with E-state index in [1.807, 2.05) is 24.3 Å². The number of ether oxygens (including phenoxy) is 1. The van der Waals surface area contributed by atoms with E-state index in [1.54, 1.807) is 20.8 Å². The number of fused-ring (bicyclic) bond motifs is 3. The third-order valence-corrected chi connectivity index (χ3v) is 6.89. The van der Waals surface area contributed by atoms with Gasteiger partial charge in [0.1, 0.15) is 12.6 Å². The van der Waals surface area contributed by atoms with Crippen molar-refractivity contribution < 1.29 is 24.2 Å². The second kappa shape index (κ2) is 9.49. The fraction of sp³-hybridized carbons (Fsp3) is 0.444. The Morgan fingerprint density at radius 1 is 1.06 bits per heavy atom. The van der Waals surface area contributed by atoms with Gasteiger partial charge >= 0.3 is 12.1 Å². The number of amides is 2. The number of hydrogen-bond acceptors (Lipinski definition) is 4. The molecular formula is C27H32N2O5. The molecule has 7 heteroatoms. The molecule has 1 unspecified atom stereocenters. The van der Waals surface area contributed by atoms with Crippen LogP contribution < -0.4 is 5.32 Å². The number of carbonyl (C=O) groups is 3. The number of alkyl carbamates (subject to hydrolysis) is 1. The molecule has 0 aromatic heterocycles. The lowest BCUT2D eigenvalue weighted by Crippen LogP contribution is -2.50. The minimum absolute atomic E-state index is 0.00651. The number of benzene rings is 2. The molecule has 1 saturated carbocycles. The second-order valence-electron chi connectivity index (χ2n) is 9.84. The maximum atomic E-state index is 13.1. The van der Waals surface area contributed by atoms with Crippen LogP contribution in [0, 0.1) is 5.41 Å². The van der Waals surface area contributed by atoms with Crippen LogP contribution in [0.15, 0.2) is 48.5 Å². The van der Waals surface area contributed by atoms with Gasteiger partial charge in [-0.25, -0.2) is 9.59 Å². The summed E-state index contributed by atoms with van der Waals surface area (Å²) in [7, 11) is 0. The predicted molar refractivity (Wildman–Crippen MR) is 128 cm³/mol. The van der Waals surface area contributed by atoms with Gasteiger partial charge in [0.05, 0.1) is 0 Å². The highest BCUT2D eigenvalue weighted by atomic mass is 16.5. The molecule has 34 heavy (non-hydrogen) atoms. The van der Waals surface area contributed by atoms with Crippen molar-refractivity contribution in [1.29, 1.82) is 0 Å². The zero-order chi connectivity index (χ0) is 24.5. The SMILES string of the molecule is CC(C(=O)O)N(C(=O)C(C)(C)CCNC(=O)OCC1c2ccccc2-c2ccccc21)C1CC1. The first kappa shape index (κ1) is 23.8. The number of rotatable bonds is 9. The highest BCUT2D eigenvalue weighted by molar-refractivity contribution is 5.87. The van der Waals surface area contributed by atoms with Gasteiger partial charge in [0.15, 0.2) is 0 Å². The molecule has 2 aliphatic carbocycles. The van der Waals surface area contributed by atoms with E-state index in [-0.39, 0.29) is 31.0 Å². The Kier molecular flexibility index (Phi) is 6.64. The van der Waals surface area contributed by atoms with E-state index in [1.165, 1.54) is 16.0 Å². The number of carbonyl (C=O) groups excluding carboxylic acids is 2. The first-order chi connectivity index (χ1) is 16.2. The summed E-state index contributed by atoms with van der Waals surface area (Å²) in [6.07, 6.45) is 1.52. The van der Waals surface area contributed by atoms with E-state index < -0.39 is 23.5 Å². The number of nitrogens with zero attached hydrogens (tertiary/aromatic N) is 1. The summed E-state index contributed by atoms with van der Waals surface area (Å²) in [5.74, 6) is -1.21. The van der Waals surface area contributed by atoms with Gasteiger partial charge in [0.2, 0.25) is 5.91 Å². The molecule has 0 heterocycles. The van der Waals surface area contributed by atoms with E-state index >= 15 is 0 Å². The van der Waals surface area contributed by atoms with Crippen molar-refractivity contribution in [2.24, 2.45) is 5.41 Å². The number of aliphatic carboxylic acids is 1. The Morgan fingerprint density at radius 3 is 2.15 bits per heavy atom. The Morgan fingerprint density at radius 2 is 1.62 bits per heavy atom. The zero-order valence-corrected chi connectivity index (χ0v) is 19.9. The van der Waals surface area contributed by atoms with Crippen molar-refractivity contribution in [1.82, 2.24) is 10.2 Å². The molecule has 1 atom stereocenters. The molecule has 180 valence electrons. The van der Waals surface area contributed by atoms with Crippen molar-refractivity contribution in [2.75, 3.05) is 13.2 Å². The molecular weight excluding hydrogens is 432 g/mol. The van der Waals surface area contributed by atoms with Crippen molar-refractivity contribution in [3.8, 4) is 11.1 Å². The summed E-state index contributed by atoms with van der Waals surface area (Å²) in [5.41, 5.74) is 3.83. The highest BCUT2D eigenvalue weighted by Crippen LogP contribution is 2.44. The van der Waals surface area contributed by atoms with Gasteiger partial charge in [0.25, 0.3) is 0 Å². The molecule has 2 N–H and O–H groups in total. The first-order valence-electron chi connectivity index (χ1n) is 11.8. The monoisotopic (exact) mass is 464 g/mol. The first-order valence-corrected chi connectivity index (χ1v) is 11.8. The third kappa shape index (κ3) is 4.79. The fourth-order valence-corrected chi connectivity index (χ4v) is 4.71. The maximum absolute atomic E-state index is 13.1. The van der Waals surface area contributed by atoms with Crippen LogP contribution in [0.25, 0.3) is 11.1 Å². The minimum Gasteiger partial charge on any atom is -0.480 e. The Labute approximate surface area is 200 Å². The van der Waals surface area contributed by atoms with E-state index in [9.17, 15) is 19.5 Å². The number of hydrogen-bond donors (Lipinski definition) is 2. The average molecular weight is 465 g/mol. The zero-order valence-electron chi connectivity index (χ0n) is 19.9.